The Hall–Kier alpha value is -3.03. The highest BCUT2D eigenvalue weighted by Gasteiger charge is 2.20. The van der Waals surface area contributed by atoms with Crippen molar-refractivity contribution in [1.29, 1.82) is 0 Å². The van der Waals surface area contributed by atoms with Crippen LogP contribution >= 0.6 is 12.6 Å². The van der Waals surface area contributed by atoms with Gasteiger partial charge in [0.1, 0.15) is 11.5 Å². The van der Waals surface area contributed by atoms with Gasteiger partial charge in [-0.05, 0) is 35.1 Å². The molecule has 0 spiro atoms. The first-order chi connectivity index (χ1) is 13.5. The van der Waals surface area contributed by atoms with Crippen LogP contribution in [-0.2, 0) is 13.0 Å². The van der Waals surface area contributed by atoms with Crippen LogP contribution in [0.4, 0.5) is 0 Å². The van der Waals surface area contributed by atoms with E-state index in [1.165, 1.54) is 6.07 Å². The number of nitrogens with zero attached hydrogens (tertiary/aromatic N) is 3. The molecule has 0 saturated carbocycles. The Kier molecular flexibility index (Phi) is 4.70. The average molecular weight is 393 g/mol. The minimum atomic E-state index is -0.0898. The van der Waals surface area contributed by atoms with Gasteiger partial charge in [0.05, 0.1) is 17.9 Å². The molecule has 0 atom stereocenters. The summed E-state index contributed by atoms with van der Waals surface area (Å²) in [6.07, 6.45) is 0.606. The van der Waals surface area contributed by atoms with Crippen LogP contribution in [0, 0.1) is 0 Å². The van der Waals surface area contributed by atoms with E-state index >= 15 is 0 Å². The fraction of sp³-hybridized carbons (Fsp3) is 0.143. The lowest BCUT2D eigenvalue weighted by Crippen LogP contribution is -2.01. The number of hydrogen-bond acceptors (Lipinski definition) is 6. The zero-order valence-electron chi connectivity index (χ0n) is 15.2. The van der Waals surface area contributed by atoms with E-state index in [0.29, 0.717) is 28.5 Å². The van der Waals surface area contributed by atoms with Crippen molar-refractivity contribution in [3.63, 3.8) is 0 Å². The standard InChI is InChI=1S/C21H19N3O3S/c1-2-12-9-16(19(27)10-18(12)26)20-22-23-21(28)24(20)17-8-7-13(11-25)14-5-3-4-6-15(14)17/h3-10,25-27H,2,11H2,1H3,(H,23,28). The molecule has 6 nitrogen and oxygen atoms in total. The maximum Gasteiger partial charge on any atom is 0.193 e. The summed E-state index contributed by atoms with van der Waals surface area (Å²) in [6.45, 7) is 1.86. The molecule has 0 saturated heterocycles. The molecule has 0 amide bonds. The molecule has 0 unspecified atom stereocenters. The quantitative estimate of drug-likeness (QED) is 0.396. The molecule has 0 fully saturated rings. The van der Waals surface area contributed by atoms with Crippen molar-refractivity contribution in [1.82, 2.24) is 14.8 Å². The summed E-state index contributed by atoms with van der Waals surface area (Å²) in [5.41, 5.74) is 2.75. The van der Waals surface area contributed by atoms with E-state index in [0.717, 1.165) is 22.0 Å². The summed E-state index contributed by atoms with van der Waals surface area (Å²) in [6, 6.07) is 14.5. The summed E-state index contributed by atoms with van der Waals surface area (Å²) >= 11 is 4.47. The molecule has 0 aliphatic carbocycles. The number of aliphatic hydroxyl groups is 1. The number of benzene rings is 3. The predicted octanol–water partition coefficient (Wildman–Crippen LogP) is 3.84. The van der Waals surface area contributed by atoms with Gasteiger partial charge in [0.25, 0.3) is 0 Å². The topological polar surface area (TPSA) is 91.4 Å². The molecule has 4 aromatic rings. The van der Waals surface area contributed by atoms with E-state index in [4.69, 9.17) is 0 Å². The molecule has 1 aromatic heterocycles. The molecule has 0 aliphatic rings. The summed E-state index contributed by atoms with van der Waals surface area (Å²) in [5.74, 6) is 0.366. The van der Waals surface area contributed by atoms with Crippen molar-refractivity contribution in [2.24, 2.45) is 0 Å². The van der Waals surface area contributed by atoms with Gasteiger partial charge in [0.2, 0.25) is 0 Å². The minimum absolute atomic E-state index is 0.0404. The second-order valence-corrected chi connectivity index (χ2v) is 6.86. The second-order valence-electron chi connectivity index (χ2n) is 6.46. The van der Waals surface area contributed by atoms with Gasteiger partial charge in [-0.25, -0.2) is 0 Å². The monoisotopic (exact) mass is 393 g/mol. The van der Waals surface area contributed by atoms with Crippen LogP contribution in [0.15, 0.2) is 53.7 Å². The number of aromatic hydroxyl groups is 2. The van der Waals surface area contributed by atoms with Gasteiger partial charge in [-0.1, -0.05) is 37.3 Å². The fourth-order valence-corrected chi connectivity index (χ4v) is 3.68. The lowest BCUT2D eigenvalue weighted by atomic mass is 10.0. The van der Waals surface area contributed by atoms with E-state index in [2.05, 4.69) is 22.8 Å². The van der Waals surface area contributed by atoms with Crippen LogP contribution in [0.3, 0.4) is 0 Å². The second kappa shape index (κ2) is 7.18. The van der Waals surface area contributed by atoms with E-state index in [1.54, 1.807) is 10.6 Å². The van der Waals surface area contributed by atoms with Crippen LogP contribution in [0.2, 0.25) is 0 Å². The normalized spacial score (nSPS) is 11.2. The molecule has 0 aliphatic heterocycles. The van der Waals surface area contributed by atoms with E-state index in [1.807, 2.05) is 43.3 Å². The molecule has 7 heteroatoms. The SMILES string of the molecule is CCc1cc(-c2nnc(S)n2-c2ccc(CO)c3ccccc23)c(O)cc1O. The van der Waals surface area contributed by atoms with Gasteiger partial charge in [-0.3, -0.25) is 4.57 Å². The molecule has 28 heavy (non-hydrogen) atoms. The number of phenols is 2. The van der Waals surface area contributed by atoms with Crippen LogP contribution in [0.5, 0.6) is 11.5 Å². The van der Waals surface area contributed by atoms with E-state index in [9.17, 15) is 15.3 Å². The Morgan fingerprint density at radius 1 is 0.929 bits per heavy atom. The van der Waals surface area contributed by atoms with Crippen LogP contribution in [-0.4, -0.2) is 30.1 Å². The van der Waals surface area contributed by atoms with Crippen LogP contribution < -0.4 is 0 Å². The number of phenolic OH excluding ortho intramolecular Hbond substituents is 2. The Bertz CT molecular complexity index is 1190. The van der Waals surface area contributed by atoms with Crippen LogP contribution in [0.1, 0.15) is 18.1 Å². The number of aromatic nitrogens is 3. The van der Waals surface area contributed by atoms with E-state index in [-0.39, 0.29) is 18.1 Å². The number of thiol groups is 1. The van der Waals surface area contributed by atoms with Gasteiger partial charge in [-0.15, -0.1) is 22.8 Å². The van der Waals surface area contributed by atoms with Gasteiger partial charge < -0.3 is 15.3 Å². The summed E-state index contributed by atoms with van der Waals surface area (Å²) in [4.78, 5) is 0. The Balaban J connectivity index is 2.01. The number of aryl methyl sites for hydroxylation is 1. The molecular formula is C21H19N3O3S. The van der Waals surface area contributed by atoms with E-state index < -0.39 is 0 Å². The number of aliphatic hydroxyl groups excluding tert-OH is 1. The molecule has 3 N–H and O–H groups in total. The summed E-state index contributed by atoms with van der Waals surface area (Å²) in [5, 5.41) is 40.6. The first-order valence-corrected chi connectivity index (χ1v) is 9.31. The lowest BCUT2D eigenvalue weighted by molar-refractivity contribution is 0.283. The van der Waals surface area contributed by atoms with Crippen molar-refractivity contribution in [3.05, 3.63) is 59.7 Å². The number of fused-ring (bicyclic) bond motifs is 1. The lowest BCUT2D eigenvalue weighted by Gasteiger charge is -2.15. The molecule has 0 radical (unpaired) electrons. The van der Waals surface area contributed by atoms with Gasteiger partial charge in [0, 0.05) is 11.5 Å². The molecule has 3 aromatic carbocycles. The molecule has 4 rings (SSSR count). The summed E-state index contributed by atoms with van der Waals surface area (Å²) in [7, 11) is 0. The van der Waals surface area contributed by atoms with Crippen molar-refractivity contribution in [2.75, 3.05) is 0 Å². The highest BCUT2D eigenvalue weighted by Crippen LogP contribution is 2.37. The maximum atomic E-state index is 10.4. The molecule has 1 heterocycles. The Labute approximate surface area is 167 Å². The highest BCUT2D eigenvalue weighted by atomic mass is 32.1. The molecule has 142 valence electrons. The molecular weight excluding hydrogens is 374 g/mol. The van der Waals surface area contributed by atoms with Crippen LogP contribution in [0.25, 0.3) is 27.8 Å². The van der Waals surface area contributed by atoms with Gasteiger partial charge in [-0.2, -0.15) is 0 Å². The van der Waals surface area contributed by atoms with Crippen molar-refractivity contribution in [3.8, 4) is 28.6 Å². The smallest absolute Gasteiger partial charge is 0.193 e. The Morgan fingerprint density at radius 2 is 1.68 bits per heavy atom. The first-order valence-electron chi connectivity index (χ1n) is 8.86. The first kappa shape index (κ1) is 18.3. The van der Waals surface area contributed by atoms with Gasteiger partial charge >= 0.3 is 0 Å². The number of hydrogen-bond donors (Lipinski definition) is 4. The summed E-state index contributed by atoms with van der Waals surface area (Å²) < 4.78 is 1.75. The zero-order valence-corrected chi connectivity index (χ0v) is 16.1. The third kappa shape index (κ3) is 2.89. The fourth-order valence-electron chi connectivity index (χ4n) is 3.44. The molecule has 0 bridgehead atoms. The van der Waals surface area contributed by atoms with Crippen molar-refractivity contribution >= 4 is 23.4 Å². The predicted molar refractivity (Wildman–Crippen MR) is 110 cm³/mol. The zero-order chi connectivity index (χ0) is 19.8. The largest absolute Gasteiger partial charge is 0.508 e. The van der Waals surface area contributed by atoms with Crippen molar-refractivity contribution < 1.29 is 15.3 Å². The average Bonchev–Trinajstić information content (AvgIpc) is 3.08. The Morgan fingerprint density at radius 3 is 2.39 bits per heavy atom. The highest BCUT2D eigenvalue weighted by molar-refractivity contribution is 7.80. The third-order valence-corrected chi connectivity index (χ3v) is 5.16. The number of rotatable bonds is 4. The van der Waals surface area contributed by atoms with Gasteiger partial charge in [0.15, 0.2) is 11.0 Å². The third-order valence-electron chi connectivity index (χ3n) is 4.87. The maximum absolute atomic E-state index is 10.4. The van der Waals surface area contributed by atoms with Crippen molar-refractivity contribution in [2.45, 2.75) is 25.1 Å². The minimum Gasteiger partial charge on any atom is -0.508 e.